The predicted octanol–water partition coefficient (Wildman–Crippen LogP) is 1.98. The summed E-state index contributed by atoms with van der Waals surface area (Å²) in [6.07, 6.45) is 3.67. The van der Waals surface area contributed by atoms with Crippen molar-refractivity contribution >= 4 is 0 Å². The highest BCUT2D eigenvalue weighted by molar-refractivity contribution is 5.08. The molecule has 0 aromatic carbocycles. The standard InChI is InChI=1S/C13H21N3/c1-10-7-11(2)15-13(14-10)8-12-5-4-6-16(3)9-12/h7,12H,4-6,8-9H2,1-3H3/t12-/m0/s1. The molecule has 0 spiro atoms. The monoisotopic (exact) mass is 219 g/mol. The Morgan fingerprint density at radius 1 is 1.31 bits per heavy atom. The number of rotatable bonds is 2. The van der Waals surface area contributed by atoms with Gasteiger partial charge in [-0.1, -0.05) is 0 Å². The summed E-state index contributed by atoms with van der Waals surface area (Å²) >= 11 is 0. The molecule has 1 aromatic heterocycles. The molecule has 1 saturated heterocycles. The van der Waals surface area contributed by atoms with Gasteiger partial charge in [0.25, 0.3) is 0 Å². The maximum absolute atomic E-state index is 4.52. The Hall–Kier alpha value is -0.960. The molecule has 1 aliphatic rings. The van der Waals surface area contributed by atoms with Crippen LogP contribution in [-0.2, 0) is 6.42 Å². The molecule has 1 fully saturated rings. The van der Waals surface area contributed by atoms with Crippen LogP contribution in [0.15, 0.2) is 6.07 Å². The molecule has 0 aliphatic carbocycles. The molecule has 1 atom stereocenters. The van der Waals surface area contributed by atoms with Crippen molar-refractivity contribution in [2.24, 2.45) is 5.92 Å². The van der Waals surface area contributed by atoms with Crippen molar-refractivity contribution in [2.45, 2.75) is 33.1 Å². The molecule has 3 heteroatoms. The van der Waals surface area contributed by atoms with Crippen LogP contribution in [0.3, 0.4) is 0 Å². The van der Waals surface area contributed by atoms with Gasteiger partial charge in [0.15, 0.2) is 0 Å². The smallest absolute Gasteiger partial charge is 0.129 e. The van der Waals surface area contributed by atoms with Crippen LogP contribution in [0.25, 0.3) is 0 Å². The number of aromatic nitrogens is 2. The van der Waals surface area contributed by atoms with E-state index in [0.717, 1.165) is 29.6 Å². The van der Waals surface area contributed by atoms with Gasteiger partial charge in [0.1, 0.15) is 5.82 Å². The minimum Gasteiger partial charge on any atom is -0.306 e. The Morgan fingerprint density at radius 2 is 2.00 bits per heavy atom. The molecule has 88 valence electrons. The summed E-state index contributed by atoms with van der Waals surface area (Å²) < 4.78 is 0. The Balaban J connectivity index is 2.02. The average Bonchev–Trinajstić information content (AvgIpc) is 2.15. The fraction of sp³-hybridized carbons (Fsp3) is 0.692. The molecular weight excluding hydrogens is 198 g/mol. The van der Waals surface area contributed by atoms with Gasteiger partial charge in [-0.25, -0.2) is 9.97 Å². The van der Waals surface area contributed by atoms with Gasteiger partial charge >= 0.3 is 0 Å². The van der Waals surface area contributed by atoms with Crippen LogP contribution < -0.4 is 0 Å². The molecule has 0 saturated carbocycles. The van der Waals surface area contributed by atoms with Crippen LogP contribution in [0.4, 0.5) is 0 Å². The van der Waals surface area contributed by atoms with Crippen molar-refractivity contribution in [3.8, 4) is 0 Å². The van der Waals surface area contributed by atoms with Crippen LogP contribution in [-0.4, -0.2) is 35.0 Å². The summed E-state index contributed by atoms with van der Waals surface area (Å²) in [5.74, 6) is 1.76. The van der Waals surface area contributed by atoms with Gasteiger partial charge in [-0.3, -0.25) is 0 Å². The first kappa shape index (κ1) is 11.5. The van der Waals surface area contributed by atoms with Crippen molar-refractivity contribution in [2.75, 3.05) is 20.1 Å². The van der Waals surface area contributed by atoms with E-state index < -0.39 is 0 Å². The van der Waals surface area contributed by atoms with Crippen molar-refractivity contribution in [1.82, 2.24) is 14.9 Å². The SMILES string of the molecule is Cc1cc(C)nc(C[C@@H]2CCCN(C)C2)n1. The van der Waals surface area contributed by atoms with E-state index in [1.165, 1.54) is 25.9 Å². The van der Waals surface area contributed by atoms with Crippen molar-refractivity contribution in [3.63, 3.8) is 0 Å². The Kier molecular flexibility index (Phi) is 3.54. The molecule has 2 heterocycles. The van der Waals surface area contributed by atoms with E-state index in [-0.39, 0.29) is 0 Å². The number of aryl methyl sites for hydroxylation is 2. The topological polar surface area (TPSA) is 29.0 Å². The Morgan fingerprint density at radius 3 is 2.62 bits per heavy atom. The molecule has 0 unspecified atom stereocenters. The highest BCUT2D eigenvalue weighted by Crippen LogP contribution is 2.18. The van der Waals surface area contributed by atoms with E-state index in [9.17, 15) is 0 Å². The third-order valence-corrected chi connectivity index (χ3v) is 3.22. The third-order valence-electron chi connectivity index (χ3n) is 3.22. The molecule has 2 rings (SSSR count). The van der Waals surface area contributed by atoms with Crippen molar-refractivity contribution in [3.05, 3.63) is 23.3 Å². The summed E-state index contributed by atoms with van der Waals surface area (Å²) in [5.41, 5.74) is 2.18. The van der Waals surface area contributed by atoms with Gasteiger partial charge in [0.05, 0.1) is 0 Å². The molecular formula is C13H21N3. The largest absolute Gasteiger partial charge is 0.306 e. The minimum absolute atomic E-state index is 0.736. The van der Waals surface area contributed by atoms with E-state index in [1.54, 1.807) is 0 Å². The lowest BCUT2D eigenvalue weighted by Gasteiger charge is -2.29. The zero-order valence-electron chi connectivity index (χ0n) is 10.5. The third kappa shape index (κ3) is 3.01. The van der Waals surface area contributed by atoms with E-state index in [1.807, 2.05) is 19.9 Å². The van der Waals surface area contributed by atoms with Gasteiger partial charge < -0.3 is 4.90 Å². The Labute approximate surface area is 97.9 Å². The number of likely N-dealkylation sites (tertiary alicyclic amines) is 1. The zero-order chi connectivity index (χ0) is 11.5. The van der Waals surface area contributed by atoms with Crippen LogP contribution >= 0.6 is 0 Å². The molecule has 1 aliphatic heterocycles. The van der Waals surface area contributed by atoms with Gasteiger partial charge in [-0.15, -0.1) is 0 Å². The van der Waals surface area contributed by atoms with E-state index in [0.29, 0.717) is 0 Å². The molecule has 16 heavy (non-hydrogen) atoms. The zero-order valence-corrected chi connectivity index (χ0v) is 10.5. The summed E-state index contributed by atoms with van der Waals surface area (Å²) in [6.45, 7) is 6.52. The second kappa shape index (κ2) is 4.91. The molecule has 0 N–H and O–H groups in total. The van der Waals surface area contributed by atoms with Crippen LogP contribution in [0.5, 0.6) is 0 Å². The normalized spacial score (nSPS) is 22.3. The van der Waals surface area contributed by atoms with Crippen molar-refractivity contribution < 1.29 is 0 Å². The first-order valence-corrected chi connectivity index (χ1v) is 6.13. The lowest BCUT2D eigenvalue weighted by Crippen LogP contribution is -2.33. The predicted molar refractivity (Wildman–Crippen MR) is 65.4 cm³/mol. The first-order valence-electron chi connectivity index (χ1n) is 6.13. The van der Waals surface area contributed by atoms with Gasteiger partial charge in [-0.05, 0) is 52.3 Å². The number of hydrogen-bond donors (Lipinski definition) is 0. The summed E-state index contributed by atoms with van der Waals surface area (Å²) in [4.78, 5) is 11.5. The maximum Gasteiger partial charge on any atom is 0.129 e. The molecule has 1 aromatic rings. The number of nitrogens with zero attached hydrogens (tertiary/aromatic N) is 3. The Bertz CT molecular complexity index is 342. The highest BCUT2D eigenvalue weighted by Gasteiger charge is 2.18. The highest BCUT2D eigenvalue weighted by atomic mass is 15.1. The summed E-state index contributed by atoms with van der Waals surface area (Å²) in [7, 11) is 2.20. The first-order chi connectivity index (χ1) is 7.63. The molecule has 0 amide bonds. The molecule has 0 bridgehead atoms. The molecule has 3 nitrogen and oxygen atoms in total. The van der Waals surface area contributed by atoms with Gasteiger partial charge in [-0.2, -0.15) is 0 Å². The fourth-order valence-corrected chi connectivity index (χ4v) is 2.59. The minimum atomic E-state index is 0.736. The second-order valence-electron chi connectivity index (χ2n) is 5.04. The van der Waals surface area contributed by atoms with E-state index >= 15 is 0 Å². The lowest BCUT2D eigenvalue weighted by atomic mass is 9.95. The summed E-state index contributed by atoms with van der Waals surface area (Å²) in [5, 5.41) is 0. The second-order valence-corrected chi connectivity index (χ2v) is 5.04. The van der Waals surface area contributed by atoms with Crippen LogP contribution in [0.1, 0.15) is 30.1 Å². The van der Waals surface area contributed by atoms with Gasteiger partial charge in [0.2, 0.25) is 0 Å². The van der Waals surface area contributed by atoms with Crippen LogP contribution in [0.2, 0.25) is 0 Å². The lowest BCUT2D eigenvalue weighted by molar-refractivity contribution is 0.207. The number of piperidine rings is 1. The molecule has 0 radical (unpaired) electrons. The summed E-state index contributed by atoms with van der Waals surface area (Å²) in [6, 6.07) is 2.04. The van der Waals surface area contributed by atoms with Crippen molar-refractivity contribution in [1.29, 1.82) is 0 Å². The van der Waals surface area contributed by atoms with Crippen LogP contribution in [0, 0.1) is 19.8 Å². The van der Waals surface area contributed by atoms with E-state index in [4.69, 9.17) is 0 Å². The van der Waals surface area contributed by atoms with Gasteiger partial charge in [0, 0.05) is 24.4 Å². The van der Waals surface area contributed by atoms with E-state index in [2.05, 4.69) is 21.9 Å². The maximum atomic E-state index is 4.52. The fourth-order valence-electron chi connectivity index (χ4n) is 2.59. The average molecular weight is 219 g/mol. The quantitative estimate of drug-likeness (QED) is 0.761. The number of hydrogen-bond acceptors (Lipinski definition) is 3.